The smallest absolute Gasteiger partial charge is 0.254 e. The molecule has 0 saturated carbocycles. The van der Waals surface area contributed by atoms with E-state index in [0.717, 1.165) is 11.1 Å². The van der Waals surface area contributed by atoms with Crippen LogP contribution in [0.1, 0.15) is 10.4 Å². The van der Waals surface area contributed by atoms with Gasteiger partial charge in [0.25, 0.3) is 5.91 Å². The standard InChI is InChI=1S/C19H23ClN4O3/c20-16-11-15(5-6-17(16)27-19(22,23)12-21)13-1-3-14(4-2-13)18(25)24-7-9-26-10-8-24/h1-6,11H,7-10,12,21-23H2. The Morgan fingerprint density at radius 2 is 1.74 bits per heavy atom. The average molecular weight is 391 g/mol. The fourth-order valence-corrected chi connectivity index (χ4v) is 2.98. The number of carbonyl (C=O) groups excluding carboxylic acids is 1. The molecule has 1 fully saturated rings. The summed E-state index contributed by atoms with van der Waals surface area (Å²) in [6.45, 7) is 2.33. The molecule has 1 saturated heterocycles. The van der Waals surface area contributed by atoms with Crippen LogP contribution in [0.2, 0.25) is 5.02 Å². The summed E-state index contributed by atoms with van der Waals surface area (Å²) in [4.78, 5) is 14.3. The first-order chi connectivity index (χ1) is 12.9. The maximum Gasteiger partial charge on any atom is 0.254 e. The van der Waals surface area contributed by atoms with Crippen molar-refractivity contribution in [1.82, 2.24) is 4.90 Å². The van der Waals surface area contributed by atoms with Gasteiger partial charge in [0, 0.05) is 18.7 Å². The Morgan fingerprint density at radius 1 is 1.11 bits per heavy atom. The Balaban J connectivity index is 1.75. The summed E-state index contributed by atoms with van der Waals surface area (Å²) in [5.41, 5.74) is 19.3. The Labute approximate surface area is 163 Å². The molecule has 3 rings (SSSR count). The molecule has 1 aliphatic rings. The van der Waals surface area contributed by atoms with Crippen LogP contribution in [-0.2, 0) is 4.74 Å². The maximum atomic E-state index is 12.5. The summed E-state index contributed by atoms with van der Waals surface area (Å²) >= 11 is 6.28. The Kier molecular flexibility index (Phi) is 5.98. The summed E-state index contributed by atoms with van der Waals surface area (Å²) < 4.78 is 10.7. The first-order valence-corrected chi connectivity index (χ1v) is 9.01. The number of hydrogen-bond donors (Lipinski definition) is 3. The lowest BCUT2D eigenvalue weighted by Gasteiger charge is -2.26. The SMILES string of the molecule is NCC(N)(N)Oc1ccc(-c2ccc(C(=O)N3CCOCC3)cc2)cc1Cl. The number of carbonyl (C=O) groups is 1. The number of nitrogens with two attached hydrogens (primary N) is 3. The third kappa shape index (κ3) is 4.77. The van der Waals surface area contributed by atoms with E-state index in [2.05, 4.69) is 0 Å². The van der Waals surface area contributed by atoms with Gasteiger partial charge in [0.1, 0.15) is 5.75 Å². The number of hydrogen-bond acceptors (Lipinski definition) is 6. The number of rotatable bonds is 5. The average Bonchev–Trinajstić information content (AvgIpc) is 2.70. The quantitative estimate of drug-likeness (QED) is 0.664. The molecule has 0 atom stereocenters. The minimum absolute atomic E-state index is 0.00986. The van der Waals surface area contributed by atoms with E-state index in [1.807, 2.05) is 30.3 Å². The van der Waals surface area contributed by atoms with E-state index in [0.29, 0.717) is 42.6 Å². The second kappa shape index (κ2) is 8.24. The summed E-state index contributed by atoms with van der Waals surface area (Å²) in [6.07, 6.45) is 0. The topological polar surface area (TPSA) is 117 Å². The highest BCUT2D eigenvalue weighted by Crippen LogP contribution is 2.31. The van der Waals surface area contributed by atoms with Gasteiger partial charge in [-0.25, -0.2) is 0 Å². The van der Waals surface area contributed by atoms with Crippen LogP contribution in [0.5, 0.6) is 5.75 Å². The van der Waals surface area contributed by atoms with Gasteiger partial charge < -0.3 is 20.1 Å². The summed E-state index contributed by atoms with van der Waals surface area (Å²) in [5, 5.41) is 0.370. The van der Waals surface area contributed by atoms with Gasteiger partial charge in [0.2, 0.25) is 5.85 Å². The molecule has 0 spiro atoms. The third-order valence-electron chi connectivity index (χ3n) is 4.31. The summed E-state index contributed by atoms with van der Waals surface area (Å²) in [5.74, 6) is -1.11. The van der Waals surface area contributed by atoms with Crippen molar-refractivity contribution >= 4 is 17.5 Å². The number of halogens is 1. The molecule has 8 heteroatoms. The number of nitrogens with zero attached hydrogens (tertiary/aromatic N) is 1. The number of benzene rings is 2. The summed E-state index contributed by atoms with van der Waals surface area (Å²) in [7, 11) is 0. The Hall–Kier alpha value is -2.16. The van der Waals surface area contributed by atoms with Crippen molar-refractivity contribution in [3.8, 4) is 16.9 Å². The van der Waals surface area contributed by atoms with Gasteiger partial charge in [-0.15, -0.1) is 0 Å². The van der Waals surface area contributed by atoms with Crippen LogP contribution >= 0.6 is 11.6 Å². The molecule has 144 valence electrons. The van der Waals surface area contributed by atoms with Gasteiger partial charge in [-0.05, 0) is 35.4 Å². The molecule has 6 N–H and O–H groups in total. The highest BCUT2D eigenvalue weighted by Gasteiger charge is 2.21. The van der Waals surface area contributed by atoms with Crippen LogP contribution in [0.4, 0.5) is 0 Å². The molecule has 0 aromatic heterocycles. The monoisotopic (exact) mass is 390 g/mol. The molecular formula is C19H23ClN4O3. The lowest BCUT2D eigenvalue weighted by molar-refractivity contribution is 0.0303. The fourth-order valence-electron chi connectivity index (χ4n) is 2.76. The van der Waals surface area contributed by atoms with E-state index in [1.165, 1.54) is 0 Å². The van der Waals surface area contributed by atoms with E-state index in [9.17, 15) is 4.79 Å². The van der Waals surface area contributed by atoms with Gasteiger partial charge in [0.15, 0.2) is 0 Å². The van der Waals surface area contributed by atoms with E-state index >= 15 is 0 Å². The molecule has 1 aliphatic heterocycles. The number of ether oxygens (including phenoxy) is 2. The number of amides is 1. The molecular weight excluding hydrogens is 368 g/mol. The molecule has 2 aromatic carbocycles. The zero-order valence-electron chi connectivity index (χ0n) is 14.9. The van der Waals surface area contributed by atoms with E-state index in [4.69, 9.17) is 38.3 Å². The second-order valence-electron chi connectivity index (χ2n) is 6.39. The molecule has 0 aliphatic carbocycles. The van der Waals surface area contributed by atoms with Crippen LogP contribution in [-0.4, -0.2) is 49.5 Å². The predicted octanol–water partition coefficient (Wildman–Crippen LogP) is 1.39. The molecule has 0 unspecified atom stereocenters. The Bertz CT molecular complexity index is 805. The molecule has 1 heterocycles. The van der Waals surface area contributed by atoms with E-state index < -0.39 is 5.85 Å². The highest BCUT2D eigenvalue weighted by atomic mass is 35.5. The predicted molar refractivity (Wildman–Crippen MR) is 104 cm³/mol. The largest absolute Gasteiger partial charge is 0.457 e. The van der Waals surface area contributed by atoms with Gasteiger partial charge in [0.05, 0.1) is 24.8 Å². The van der Waals surface area contributed by atoms with Gasteiger partial charge >= 0.3 is 0 Å². The van der Waals surface area contributed by atoms with Crippen molar-refractivity contribution < 1.29 is 14.3 Å². The second-order valence-corrected chi connectivity index (χ2v) is 6.80. The van der Waals surface area contributed by atoms with Gasteiger partial charge in [-0.2, -0.15) is 0 Å². The van der Waals surface area contributed by atoms with Gasteiger partial charge in [-0.3, -0.25) is 16.3 Å². The van der Waals surface area contributed by atoms with Crippen LogP contribution in [0, 0.1) is 0 Å². The lowest BCUT2D eigenvalue weighted by Crippen LogP contribution is -2.60. The van der Waals surface area contributed by atoms with Crippen molar-refractivity contribution in [2.45, 2.75) is 5.85 Å². The van der Waals surface area contributed by atoms with Crippen LogP contribution < -0.4 is 21.9 Å². The molecule has 0 bridgehead atoms. The van der Waals surface area contributed by atoms with Crippen molar-refractivity contribution in [3.05, 3.63) is 53.1 Å². The van der Waals surface area contributed by atoms with Crippen LogP contribution in [0.15, 0.2) is 42.5 Å². The highest BCUT2D eigenvalue weighted by molar-refractivity contribution is 6.32. The zero-order valence-corrected chi connectivity index (χ0v) is 15.6. The summed E-state index contributed by atoms with van der Waals surface area (Å²) in [6, 6.07) is 12.7. The van der Waals surface area contributed by atoms with E-state index in [1.54, 1.807) is 17.0 Å². The van der Waals surface area contributed by atoms with Crippen LogP contribution in [0.25, 0.3) is 11.1 Å². The molecule has 7 nitrogen and oxygen atoms in total. The maximum absolute atomic E-state index is 12.5. The molecule has 0 radical (unpaired) electrons. The normalized spacial score (nSPS) is 14.9. The van der Waals surface area contributed by atoms with E-state index in [-0.39, 0.29) is 12.5 Å². The third-order valence-corrected chi connectivity index (χ3v) is 4.61. The zero-order chi connectivity index (χ0) is 19.4. The van der Waals surface area contributed by atoms with Crippen molar-refractivity contribution in [2.75, 3.05) is 32.8 Å². The first-order valence-electron chi connectivity index (χ1n) is 8.63. The minimum atomic E-state index is -1.48. The van der Waals surface area contributed by atoms with Crippen molar-refractivity contribution in [2.24, 2.45) is 17.2 Å². The first kappa shape index (κ1) is 19.6. The number of morpholine rings is 1. The van der Waals surface area contributed by atoms with Crippen molar-refractivity contribution in [3.63, 3.8) is 0 Å². The lowest BCUT2D eigenvalue weighted by atomic mass is 10.0. The fraction of sp³-hybridized carbons (Fsp3) is 0.316. The minimum Gasteiger partial charge on any atom is -0.457 e. The van der Waals surface area contributed by atoms with Crippen LogP contribution in [0.3, 0.4) is 0 Å². The Morgan fingerprint density at radius 3 is 2.33 bits per heavy atom. The molecule has 2 aromatic rings. The van der Waals surface area contributed by atoms with Crippen molar-refractivity contribution in [1.29, 1.82) is 0 Å². The van der Waals surface area contributed by atoms with Gasteiger partial charge in [-0.1, -0.05) is 29.8 Å². The molecule has 27 heavy (non-hydrogen) atoms. The molecule has 1 amide bonds.